The summed E-state index contributed by atoms with van der Waals surface area (Å²) in [6.07, 6.45) is 11.0. The van der Waals surface area contributed by atoms with Crippen LogP contribution in [-0.2, 0) is 13.1 Å². The lowest BCUT2D eigenvalue weighted by Gasteiger charge is -2.04. The Morgan fingerprint density at radius 1 is 0.571 bits per heavy atom. The standard InChI is InChI=1S/C12H16N2/c1-2-8-13(7-1)11-5-6-12-14-9-3-4-10-14/h1-4,7-10H,5-6,11-12H2. The van der Waals surface area contributed by atoms with Crippen LogP contribution in [0.3, 0.4) is 0 Å². The zero-order valence-electron chi connectivity index (χ0n) is 8.34. The molecule has 0 N–H and O–H groups in total. The molecule has 2 aromatic rings. The van der Waals surface area contributed by atoms with Gasteiger partial charge in [0.25, 0.3) is 0 Å². The summed E-state index contributed by atoms with van der Waals surface area (Å²) in [5.41, 5.74) is 0. The molecule has 2 heteroatoms. The van der Waals surface area contributed by atoms with E-state index in [0.29, 0.717) is 0 Å². The van der Waals surface area contributed by atoms with Gasteiger partial charge in [0.05, 0.1) is 0 Å². The highest BCUT2D eigenvalue weighted by molar-refractivity contribution is 4.91. The highest BCUT2D eigenvalue weighted by Crippen LogP contribution is 2.00. The number of unbranched alkanes of at least 4 members (excludes halogenated alkanes) is 1. The fourth-order valence-corrected chi connectivity index (χ4v) is 1.63. The predicted molar refractivity (Wildman–Crippen MR) is 58.1 cm³/mol. The molecule has 0 saturated carbocycles. The first-order chi connectivity index (χ1) is 6.95. The molecule has 74 valence electrons. The van der Waals surface area contributed by atoms with Crippen LogP contribution in [0.1, 0.15) is 12.8 Å². The maximum Gasteiger partial charge on any atom is 0.0220 e. The third-order valence-electron chi connectivity index (χ3n) is 2.42. The summed E-state index contributed by atoms with van der Waals surface area (Å²) in [6.45, 7) is 2.27. The molecule has 0 aromatic carbocycles. The van der Waals surface area contributed by atoms with Gasteiger partial charge in [-0.05, 0) is 37.1 Å². The fourth-order valence-electron chi connectivity index (χ4n) is 1.63. The Hall–Kier alpha value is -1.44. The number of rotatable bonds is 5. The minimum Gasteiger partial charge on any atom is -0.354 e. The van der Waals surface area contributed by atoms with Gasteiger partial charge < -0.3 is 9.13 Å². The predicted octanol–water partition coefficient (Wildman–Crippen LogP) is 2.77. The van der Waals surface area contributed by atoms with E-state index < -0.39 is 0 Å². The second-order valence-electron chi connectivity index (χ2n) is 3.55. The SMILES string of the molecule is c1ccn(CCCCn2cccc2)c1. The lowest BCUT2D eigenvalue weighted by molar-refractivity contribution is 0.555. The van der Waals surface area contributed by atoms with E-state index in [4.69, 9.17) is 0 Å². The Bertz CT molecular complexity index is 296. The minimum atomic E-state index is 1.13. The van der Waals surface area contributed by atoms with E-state index in [2.05, 4.69) is 58.2 Å². The van der Waals surface area contributed by atoms with Crippen molar-refractivity contribution in [1.29, 1.82) is 0 Å². The molecule has 14 heavy (non-hydrogen) atoms. The quantitative estimate of drug-likeness (QED) is 0.638. The molecule has 0 atom stereocenters. The van der Waals surface area contributed by atoms with Gasteiger partial charge in [0, 0.05) is 37.9 Å². The summed E-state index contributed by atoms with van der Waals surface area (Å²) in [7, 11) is 0. The zero-order valence-corrected chi connectivity index (χ0v) is 8.34. The van der Waals surface area contributed by atoms with Gasteiger partial charge in [0.1, 0.15) is 0 Å². The molecule has 0 bridgehead atoms. The molecule has 0 aliphatic carbocycles. The van der Waals surface area contributed by atoms with Crippen LogP contribution in [0.4, 0.5) is 0 Å². The summed E-state index contributed by atoms with van der Waals surface area (Å²) < 4.78 is 4.46. The summed E-state index contributed by atoms with van der Waals surface area (Å²) in [5.74, 6) is 0. The van der Waals surface area contributed by atoms with E-state index in [-0.39, 0.29) is 0 Å². The number of hydrogen-bond acceptors (Lipinski definition) is 0. The molecule has 0 unspecified atom stereocenters. The van der Waals surface area contributed by atoms with E-state index >= 15 is 0 Å². The number of hydrogen-bond donors (Lipinski definition) is 0. The monoisotopic (exact) mass is 188 g/mol. The van der Waals surface area contributed by atoms with Gasteiger partial charge in [0.2, 0.25) is 0 Å². The van der Waals surface area contributed by atoms with Crippen molar-refractivity contribution in [3.63, 3.8) is 0 Å². The van der Waals surface area contributed by atoms with Crippen LogP contribution < -0.4 is 0 Å². The first-order valence-corrected chi connectivity index (χ1v) is 5.17. The highest BCUT2D eigenvalue weighted by atomic mass is 14.9. The molecule has 0 aliphatic heterocycles. The van der Waals surface area contributed by atoms with Crippen LogP contribution in [0, 0.1) is 0 Å². The van der Waals surface area contributed by atoms with Crippen molar-refractivity contribution in [2.24, 2.45) is 0 Å². The largest absolute Gasteiger partial charge is 0.354 e. The van der Waals surface area contributed by atoms with Crippen molar-refractivity contribution < 1.29 is 0 Å². The fraction of sp³-hybridized carbons (Fsp3) is 0.333. The molecule has 2 heterocycles. The van der Waals surface area contributed by atoms with Gasteiger partial charge in [0.15, 0.2) is 0 Å². The molecule has 2 nitrogen and oxygen atoms in total. The second-order valence-corrected chi connectivity index (χ2v) is 3.55. The zero-order chi connectivity index (χ0) is 9.64. The average molecular weight is 188 g/mol. The van der Waals surface area contributed by atoms with Gasteiger partial charge in [-0.2, -0.15) is 0 Å². The van der Waals surface area contributed by atoms with E-state index in [1.54, 1.807) is 0 Å². The smallest absolute Gasteiger partial charge is 0.0220 e. The molecule has 2 rings (SSSR count). The van der Waals surface area contributed by atoms with Gasteiger partial charge in [-0.3, -0.25) is 0 Å². The topological polar surface area (TPSA) is 9.86 Å². The van der Waals surface area contributed by atoms with Gasteiger partial charge >= 0.3 is 0 Å². The van der Waals surface area contributed by atoms with Crippen LogP contribution in [0.2, 0.25) is 0 Å². The maximum absolute atomic E-state index is 2.23. The van der Waals surface area contributed by atoms with Crippen molar-refractivity contribution in [3.05, 3.63) is 49.1 Å². The Labute approximate surface area is 84.8 Å². The Morgan fingerprint density at radius 3 is 1.29 bits per heavy atom. The summed E-state index contributed by atoms with van der Waals surface area (Å²) in [4.78, 5) is 0. The Morgan fingerprint density at radius 2 is 0.929 bits per heavy atom. The van der Waals surface area contributed by atoms with Crippen molar-refractivity contribution in [3.8, 4) is 0 Å². The van der Waals surface area contributed by atoms with Crippen molar-refractivity contribution in [2.45, 2.75) is 25.9 Å². The highest BCUT2D eigenvalue weighted by Gasteiger charge is 1.91. The van der Waals surface area contributed by atoms with Crippen LogP contribution >= 0.6 is 0 Å². The number of nitrogens with zero attached hydrogens (tertiary/aromatic N) is 2. The van der Waals surface area contributed by atoms with Crippen LogP contribution in [0.25, 0.3) is 0 Å². The lowest BCUT2D eigenvalue weighted by Crippen LogP contribution is -1.98. The summed E-state index contributed by atoms with van der Waals surface area (Å²) >= 11 is 0. The van der Waals surface area contributed by atoms with Crippen LogP contribution in [-0.4, -0.2) is 9.13 Å². The Balaban J connectivity index is 1.65. The average Bonchev–Trinajstić information content (AvgIpc) is 2.86. The van der Waals surface area contributed by atoms with Crippen LogP contribution in [0.5, 0.6) is 0 Å². The third-order valence-corrected chi connectivity index (χ3v) is 2.42. The first kappa shape index (κ1) is 9.13. The van der Waals surface area contributed by atoms with Gasteiger partial charge in [-0.1, -0.05) is 0 Å². The van der Waals surface area contributed by atoms with Crippen molar-refractivity contribution in [2.75, 3.05) is 0 Å². The summed E-state index contributed by atoms with van der Waals surface area (Å²) in [6, 6.07) is 8.30. The van der Waals surface area contributed by atoms with Crippen LogP contribution in [0.15, 0.2) is 49.1 Å². The van der Waals surface area contributed by atoms with E-state index in [0.717, 1.165) is 13.1 Å². The van der Waals surface area contributed by atoms with Crippen molar-refractivity contribution >= 4 is 0 Å². The van der Waals surface area contributed by atoms with E-state index in [1.165, 1.54) is 12.8 Å². The van der Waals surface area contributed by atoms with Gasteiger partial charge in [-0.25, -0.2) is 0 Å². The Kier molecular flexibility index (Phi) is 3.06. The molecule has 0 spiro atoms. The lowest BCUT2D eigenvalue weighted by atomic mass is 10.3. The van der Waals surface area contributed by atoms with Gasteiger partial charge in [-0.15, -0.1) is 0 Å². The molecular formula is C12H16N2. The molecule has 0 radical (unpaired) electrons. The number of aromatic nitrogens is 2. The molecule has 0 aliphatic rings. The normalized spacial score (nSPS) is 10.6. The molecular weight excluding hydrogens is 172 g/mol. The number of aryl methyl sites for hydroxylation is 2. The second kappa shape index (κ2) is 4.70. The maximum atomic E-state index is 2.23. The summed E-state index contributed by atoms with van der Waals surface area (Å²) in [5, 5.41) is 0. The first-order valence-electron chi connectivity index (χ1n) is 5.17. The molecule has 0 saturated heterocycles. The minimum absolute atomic E-state index is 1.13. The van der Waals surface area contributed by atoms with E-state index in [1.807, 2.05) is 0 Å². The molecule has 0 fully saturated rings. The van der Waals surface area contributed by atoms with E-state index in [9.17, 15) is 0 Å². The molecule has 0 amide bonds. The molecule has 2 aromatic heterocycles. The van der Waals surface area contributed by atoms with Crippen molar-refractivity contribution in [1.82, 2.24) is 9.13 Å². The third kappa shape index (κ3) is 2.52.